The van der Waals surface area contributed by atoms with Crippen LogP contribution in [0, 0.1) is 0 Å². The van der Waals surface area contributed by atoms with Crippen molar-refractivity contribution in [3.63, 3.8) is 0 Å². The maximum Gasteiger partial charge on any atom is 0.271 e. The van der Waals surface area contributed by atoms with E-state index >= 15 is 0 Å². The van der Waals surface area contributed by atoms with Crippen LogP contribution >= 0.6 is 0 Å². The maximum atomic E-state index is 12.8. The highest BCUT2D eigenvalue weighted by atomic mass is 16.2. The molecule has 1 aliphatic heterocycles. The van der Waals surface area contributed by atoms with Crippen molar-refractivity contribution >= 4 is 28.6 Å². The van der Waals surface area contributed by atoms with Crippen molar-refractivity contribution in [2.75, 3.05) is 20.1 Å². The Bertz CT molecular complexity index is 873. The van der Waals surface area contributed by atoms with Gasteiger partial charge in [-0.3, -0.25) is 14.4 Å². The van der Waals surface area contributed by atoms with E-state index in [2.05, 4.69) is 10.6 Å². The molecule has 2 N–H and O–H groups in total. The molecule has 7 heteroatoms. The first-order chi connectivity index (χ1) is 12.4. The molecule has 26 heavy (non-hydrogen) atoms. The summed E-state index contributed by atoms with van der Waals surface area (Å²) in [5.74, 6) is -0.787. The van der Waals surface area contributed by atoms with Crippen LogP contribution in [0.25, 0.3) is 10.9 Å². The zero-order valence-corrected chi connectivity index (χ0v) is 15.3. The van der Waals surface area contributed by atoms with Gasteiger partial charge in [0.05, 0.1) is 13.1 Å². The second-order valence-corrected chi connectivity index (χ2v) is 6.85. The maximum absolute atomic E-state index is 12.8. The highest BCUT2D eigenvalue weighted by Gasteiger charge is 2.45. The van der Waals surface area contributed by atoms with Crippen molar-refractivity contribution in [2.45, 2.75) is 32.4 Å². The summed E-state index contributed by atoms with van der Waals surface area (Å²) in [4.78, 5) is 38.9. The fourth-order valence-electron chi connectivity index (χ4n) is 3.27. The molecule has 138 valence electrons. The predicted octanol–water partition coefficient (Wildman–Crippen LogP) is 1.13. The van der Waals surface area contributed by atoms with Gasteiger partial charge in [-0.15, -0.1) is 0 Å². The number of aromatic nitrogens is 1. The van der Waals surface area contributed by atoms with Crippen LogP contribution in [-0.2, 0) is 16.1 Å². The molecular formula is C19H24N4O3. The van der Waals surface area contributed by atoms with Crippen molar-refractivity contribution < 1.29 is 14.4 Å². The summed E-state index contributed by atoms with van der Waals surface area (Å²) in [5, 5.41) is 6.35. The Kier molecular flexibility index (Phi) is 4.71. The lowest BCUT2D eigenvalue weighted by atomic mass is 9.95. The lowest BCUT2D eigenvalue weighted by molar-refractivity contribution is -0.134. The third kappa shape index (κ3) is 2.94. The van der Waals surface area contributed by atoms with Crippen LogP contribution in [0.3, 0.4) is 0 Å². The van der Waals surface area contributed by atoms with Crippen molar-refractivity contribution in [3.8, 4) is 0 Å². The number of hydrogen-bond donors (Lipinski definition) is 2. The number of benzene rings is 1. The molecule has 0 fully saturated rings. The van der Waals surface area contributed by atoms with Crippen LogP contribution in [0.5, 0.6) is 0 Å². The smallest absolute Gasteiger partial charge is 0.271 e. The molecule has 3 amide bonds. The third-order valence-corrected chi connectivity index (χ3v) is 5.01. The molecule has 1 aromatic carbocycles. The van der Waals surface area contributed by atoms with E-state index in [1.54, 1.807) is 14.0 Å². The minimum absolute atomic E-state index is 0.101. The summed E-state index contributed by atoms with van der Waals surface area (Å²) in [6, 6.07) is 9.57. The van der Waals surface area contributed by atoms with Crippen LogP contribution in [0.2, 0.25) is 0 Å². The van der Waals surface area contributed by atoms with E-state index in [-0.39, 0.29) is 24.3 Å². The van der Waals surface area contributed by atoms with E-state index in [1.807, 2.05) is 41.8 Å². The highest BCUT2D eigenvalue weighted by Crippen LogP contribution is 2.31. The number of fused-ring (bicyclic) bond motifs is 3. The molecule has 3 rings (SSSR count). The van der Waals surface area contributed by atoms with Crippen LogP contribution in [0.15, 0.2) is 30.3 Å². The van der Waals surface area contributed by atoms with Crippen molar-refractivity contribution in [3.05, 3.63) is 36.0 Å². The van der Waals surface area contributed by atoms with Gasteiger partial charge in [-0.25, -0.2) is 0 Å². The second kappa shape index (κ2) is 6.82. The van der Waals surface area contributed by atoms with E-state index in [0.717, 1.165) is 17.3 Å². The predicted molar refractivity (Wildman–Crippen MR) is 98.7 cm³/mol. The normalized spacial score (nSPS) is 19.3. The van der Waals surface area contributed by atoms with Crippen LogP contribution in [0.1, 0.15) is 30.8 Å². The molecule has 1 aliphatic rings. The van der Waals surface area contributed by atoms with Crippen molar-refractivity contribution in [1.29, 1.82) is 0 Å². The molecule has 0 radical (unpaired) electrons. The molecule has 2 heterocycles. The van der Waals surface area contributed by atoms with Gasteiger partial charge < -0.3 is 20.1 Å². The monoisotopic (exact) mass is 356 g/mol. The Morgan fingerprint density at radius 2 is 1.96 bits per heavy atom. The minimum atomic E-state index is -1.07. The summed E-state index contributed by atoms with van der Waals surface area (Å²) in [5.41, 5.74) is 0.417. The fraction of sp³-hybridized carbons (Fsp3) is 0.421. The fourth-order valence-corrected chi connectivity index (χ4v) is 3.27. The molecular weight excluding hydrogens is 332 g/mol. The average Bonchev–Trinajstić information content (AvgIpc) is 3.01. The average molecular weight is 356 g/mol. The topological polar surface area (TPSA) is 83.4 Å². The molecule has 0 aliphatic carbocycles. The van der Waals surface area contributed by atoms with Gasteiger partial charge in [0.15, 0.2) is 0 Å². The van der Waals surface area contributed by atoms with Crippen LogP contribution in [-0.4, -0.2) is 52.9 Å². The van der Waals surface area contributed by atoms with Crippen molar-refractivity contribution in [1.82, 2.24) is 20.1 Å². The lowest BCUT2D eigenvalue weighted by Crippen LogP contribution is -2.63. The van der Waals surface area contributed by atoms with E-state index in [4.69, 9.17) is 0 Å². The third-order valence-electron chi connectivity index (χ3n) is 5.01. The van der Waals surface area contributed by atoms with E-state index in [9.17, 15) is 14.4 Å². The number of carbonyl (C=O) groups is 3. The molecule has 1 aromatic heterocycles. The zero-order valence-electron chi connectivity index (χ0n) is 15.3. The molecule has 1 atom stereocenters. The first kappa shape index (κ1) is 18.0. The molecule has 0 unspecified atom stereocenters. The van der Waals surface area contributed by atoms with Gasteiger partial charge in [0.1, 0.15) is 11.2 Å². The van der Waals surface area contributed by atoms with Gasteiger partial charge >= 0.3 is 0 Å². The van der Waals surface area contributed by atoms with Gasteiger partial charge in [0.25, 0.3) is 5.91 Å². The summed E-state index contributed by atoms with van der Waals surface area (Å²) in [6.07, 6.45) is 0.831. The van der Waals surface area contributed by atoms with Gasteiger partial charge in [0.2, 0.25) is 11.8 Å². The number of hydrogen-bond acceptors (Lipinski definition) is 3. The SMILES string of the molecule is CCCNC(=O)CNC(=O)[C@]1(C)Cn2c(cc3ccccc32)C(=O)N1C. The molecule has 0 spiro atoms. The number of rotatable bonds is 5. The number of likely N-dealkylation sites (N-methyl/N-ethyl adjacent to an activating group) is 1. The summed E-state index contributed by atoms with van der Waals surface area (Å²) >= 11 is 0. The van der Waals surface area contributed by atoms with E-state index < -0.39 is 5.54 Å². The number of amides is 3. The molecule has 0 bridgehead atoms. The Hall–Kier alpha value is -2.83. The largest absolute Gasteiger partial charge is 0.355 e. The minimum Gasteiger partial charge on any atom is -0.355 e. The Labute approximate surface area is 152 Å². The lowest BCUT2D eigenvalue weighted by Gasteiger charge is -2.41. The number of para-hydroxylation sites is 1. The summed E-state index contributed by atoms with van der Waals surface area (Å²) in [6.45, 7) is 4.49. The summed E-state index contributed by atoms with van der Waals surface area (Å²) in [7, 11) is 1.63. The van der Waals surface area contributed by atoms with Gasteiger partial charge in [-0.2, -0.15) is 0 Å². The Balaban J connectivity index is 1.84. The van der Waals surface area contributed by atoms with Crippen molar-refractivity contribution in [2.24, 2.45) is 0 Å². The first-order valence-corrected chi connectivity index (χ1v) is 8.80. The zero-order chi connectivity index (χ0) is 18.9. The first-order valence-electron chi connectivity index (χ1n) is 8.80. The standard InChI is InChI=1S/C19H24N4O3/c1-4-9-20-16(24)11-21-18(26)19(2)12-23-14-8-6-5-7-13(14)10-15(23)17(25)22(19)3/h5-8,10H,4,9,11-12H2,1-3H3,(H,20,24)(H,21,26)/t19-/m0/s1. The number of nitrogens with zero attached hydrogens (tertiary/aromatic N) is 2. The van der Waals surface area contributed by atoms with Gasteiger partial charge in [0, 0.05) is 24.5 Å². The van der Waals surface area contributed by atoms with Gasteiger partial charge in [-0.1, -0.05) is 25.1 Å². The van der Waals surface area contributed by atoms with E-state index in [1.165, 1.54) is 4.90 Å². The number of carbonyl (C=O) groups excluding carboxylic acids is 3. The Morgan fingerprint density at radius 1 is 1.23 bits per heavy atom. The molecule has 2 aromatic rings. The molecule has 0 saturated carbocycles. The van der Waals surface area contributed by atoms with Crippen LogP contribution < -0.4 is 10.6 Å². The van der Waals surface area contributed by atoms with Gasteiger partial charge in [-0.05, 0) is 25.5 Å². The van der Waals surface area contributed by atoms with E-state index in [0.29, 0.717) is 18.8 Å². The quantitative estimate of drug-likeness (QED) is 0.842. The Morgan fingerprint density at radius 3 is 2.69 bits per heavy atom. The molecule has 7 nitrogen and oxygen atoms in total. The number of nitrogens with one attached hydrogen (secondary N) is 2. The second-order valence-electron chi connectivity index (χ2n) is 6.85. The van der Waals surface area contributed by atoms with Crippen LogP contribution in [0.4, 0.5) is 0 Å². The molecule has 0 saturated heterocycles. The summed E-state index contributed by atoms with van der Waals surface area (Å²) < 4.78 is 1.88. The highest BCUT2D eigenvalue weighted by molar-refractivity contribution is 6.03.